The summed E-state index contributed by atoms with van der Waals surface area (Å²) in [6.45, 7) is 7.70. The van der Waals surface area contributed by atoms with Crippen LogP contribution in [0, 0.1) is 0 Å². The van der Waals surface area contributed by atoms with Gasteiger partial charge >= 0.3 is 0 Å². The van der Waals surface area contributed by atoms with Crippen molar-refractivity contribution < 1.29 is 22.7 Å². The molecule has 1 heterocycles. The summed E-state index contributed by atoms with van der Waals surface area (Å²) in [7, 11) is -4.35. The largest absolute Gasteiger partial charge is 0.494 e. The highest BCUT2D eigenvalue weighted by atomic mass is 35.5. The molecule has 1 atom stereocenters. The maximum atomic E-state index is 14.1. The van der Waals surface area contributed by atoms with Crippen LogP contribution in [0.2, 0.25) is 5.02 Å². The number of benzene rings is 3. The van der Waals surface area contributed by atoms with E-state index in [9.17, 15) is 18.0 Å². The molecule has 1 aliphatic heterocycles. The topological polar surface area (TPSA) is 119 Å². The van der Waals surface area contributed by atoms with E-state index in [1.165, 1.54) is 24.3 Å². The standard InChI is InChI=1S/C28H30ClN3O5S/c1-5-37-19-12-15-24-22(16-19)28(4,21-8-6-7-9-23(21)29)26(34)32(24)38(35,36)20-13-10-18(11-14-20)25(33)31-27(2,3)17-30/h6-16H,5,17,30H2,1-4H3,(H,31,33). The molecule has 3 N–H and O–H groups in total. The number of nitrogens with one attached hydrogen (secondary N) is 1. The molecule has 1 aliphatic rings. The quantitative estimate of drug-likeness (QED) is 0.429. The second kappa shape index (κ2) is 10.1. The van der Waals surface area contributed by atoms with Gasteiger partial charge < -0.3 is 15.8 Å². The molecule has 38 heavy (non-hydrogen) atoms. The SMILES string of the molecule is CCOc1ccc2c(c1)C(C)(c1ccccc1Cl)C(=O)N2S(=O)(=O)c1ccc(C(=O)NC(C)(C)CN)cc1. The molecule has 0 aromatic heterocycles. The number of halogens is 1. The van der Waals surface area contributed by atoms with Gasteiger partial charge in [-0.25, -0.2) is 12.7 Å². The zero-order chi connectivity index (χ0) is 27.9. The smallest absolute Gasteiger partial charge is 0.270 e. The summed E-state index contributed by atoms with van der Waals surface area (Å²) in [6, 6.07) is 17.2. The fraction of sp³-hybridized carbons (Fsp3) is 0.286. The normalized spacial score (nSPS) is 17.3. The third-order valence-corrected chi connectivity index (χ3v) is 8.72. The highest BCUT2D eigenvalue weighted by Gasteiger charge is 2.54. The van der Waals surface area contributed by atoms with E-state index in [0.717, 1.165) is 4.31 Å². The first-order valence-electron chi connectivity index (χ1n) is 12.1. The van der Waals surface area contributed by atoms with E-state index in [4.69, 9.17) is 22.1 Å². The molecule has 4 rings (SSSR count). The average molecular weight is 556 g/mol. The molecule has 2 amide bonds. The Morgan fingerprint density at radius 3 is 2.34 bits per heavy atom. The minimum atomic E-state index is -4.35. The Labute approximate surface area is 227 Å². The first-order chi connectivity index (χ1) is 17.9. The first-order valence-corrected chi connectivity index (χ1v) is 13.9. The summed E-state index contributed by atoms with van der Waals surface area (Å²) >= 11 is 6.51. The fourth-order valence-corrected chi connectivity index (χ4v) is 6.29. The number of ether oxygens (including phenoxy) is 1. The van der Waals surface area contributed by atoms with Crippen LogP contribution in [0.1, 0.15) is 49.2 Å². The first kappa shape index (κ1) is 27.6. The van der Waals surface area contributed by atoms with Crippen LogP contribution in [0.15, 0.2) is 71.6 Å². The summed E-state index contributed by atoms with van der Waals surface area (Å²) in [5.41, 5.74) is 5.10. The molecule has 1 unspecified atom stereocenters. The molecule has 3 aromatic rings. The third-order valence-electron chi connectivity index (χ3n) is 6.68. The third kappa shape index (κ3) is 4.66. The number of sulfonamides is 1. The van der Waals surface area contributed by atoms with Crippen molar-refractivity contribution in [3.05, 3.63) is 88.4 Å². The van der Waals surface area contributed by atoms with Crippen LogP contribution in [0.4, 0.5) is 5.69 Å². The van der Waals surface area contributed by atoms with Gasteiger partial charge in [-0.15, -0.1) is 0 Å². The van der Waals surface area contributed by atoms with Crippen LogP contribution in [0.5, 0.6) is 5.75 Å². The van der Waals surface area contributed by atoms with Crippen molar-refractivity contribution in [2.24, 2.45) is 5.73 Å². The van der Waals surface area contributed by atoms with E-state index in [1.54, 1.807) is 63.2 Å². The monoisotopic (exact) mass is 555 g/mol. The van der Waals surface area contributed by atoms with E-state index in [0.29, 0.717) is 28.5 Å². The zero-order valence-corrected chi connectivity index (χ0v) is 23.2. The molecule has 3 aromatic carbocycles. The van der Waals surface area contributed by atoms with E-state index in [-0.39, 0.29) is 28.6 Å². The second-order valence-corrected chi connectivity index (χ2v) is 12.1. The number of hydrogen-bond donors (Lipinski definition) is 2. The Bertz CT molecular complexity index is 1510. The van der Waals surface area contributed by atoms with E-state index in [2.05, 4.69) is 5.32 Å². The van der Waals surface area contributed by atoms with Crippen molar-refractivity contribution in [1.29, 1.82) is 0 Å². The number of anilines is 1. The Morgan fingerprint density at radius 1 is 1.08 bits per heavy atom. The Kier molecular flexibility index (Phi) is 7.31. The molecule has 10 heteroatoms. The zero-order valence-electron chi connectivity index (χ0n) is 21.6. The highest BCUT2D eigenvalue weighted by Crippen LogP contribution is 2.50. The summed E-state index contributed by atoms with van der Waals surface area (Å²) in [5.74, 6) is -0.546. The van der Waals surface area contributed by atoms with Crippen LogP contribution in [-0.2, 0) is 20.2 Å². The van der Waals surface area contributed by atoms with Crippen LogP contribution in [-0.4, -0.2) is 38.9 Å². The van der Waals surface area contributed by atoms with Crippen molar-refractivity contribution in [3.63, 3.8) is 0 Å². The number of nitrogens with two attached hydrogens (primary N) is 1. The van der Waals surface area contributed by atoms with Crippen LogP contribution in [0.25, 0.3) is 0 Å². The van der Waals surface area contributed by atoms with Crippen molar-refractivity contribution in [2.45, 2.75) is 43.5 Å². The van der Waals surface area contributed by atoms with Crippen molar-refractivity contribution >= 4 is 39.1 Å². The van der Waals surface area contributed by atoms with Gasteiger partial charge in [0.1, 0.15) is 11.2 Å². The van der Waals surface area contributed by atoms with Gasteiger partial charge in [-0.1, -0.05) is 29.8 Å². The lowest BCUT2D eigenvalue weighted by atomic mass is 9.77. The summed E-state index contributed by atoms with van der Waals surface area (Å²) in [5, 5.41) is 3.14. The second-order valence-electron chi connectivity index (χ2n) is 9.86. The molecular weight excluding hydrogens is 526 g/mol. The van der Waals surface area contributed by atoms with E-state index < -0.39 is 26.9 Å². The maximum absolute atomic E-state index is 14.1. The van der Waals surface area contributed by atoms with E-state index in [1.807, 2.05) is 6.92 Å². The number of amides is 2. The number of nitrogens with zero attached hydrogens (tertiary/aromatic N) is 1. The van der Waals surface area contributed by atoms with Gasteiger partial charge in [-0.3, -0.25) is 9.59 Å². The minimum absolute atomic E-state index is 0.135. The molecular formula is C28H30ClN3O5S. The number of carbonyl (C=O) groups is 2. The minimum Gasteiger partial charge on any atom is -0.494 e. The van der Waals surface area contributed by atoms with Gasteiger partial charge in [-0.05, 0) is 81.8 Å². The Morgan fingerprint density at radius 2 is 1.74 bits per heavy atom. The molecule has 0 spiro atoms. The number of hydrogen-bond acceptors (Lipinski definition) is 6. The van der Waals surface area contributed by atoms with Crippen LogP contribution in [0.3, 0.4) is 0 Å². The van der Waals surface area contributed by atoms with Gasteiger partial charge in [0, 0.05) is 28.2 Å². The van der Waals surface area contributed by atoms with E-state index >= 15 is 0 Å². The summed E-state index contributed by atoms with van der Waals surface area (Å²) in [4.78, 5) is 26.5. The Balaban J connectivity index is 1.80. The number of rotatable bonds is 8. The molecule has 0 radical (unpaired) electrons. The maximum Gasteiger partial charge on any atom is 0.270 e. The van der Waals surface area contributed by atoms with Gasteiger partial charge in [0.2, 0.25) is 0 Å². The fourth-order valence-electron chi connectivity index (χ4n) is 4.46. The molecule has 0 fully saturated rings. The predicted octanol–water partition coefficient (Wildman–Crippen LogP) is 4.25. The number of carbonyl (C=O) groups excluding carboxylic acids is 2. The lowest BCUT2D eigenvalue weighted by Crippen LogP contribution is -2.48. The van der Waals surface area contributed by atoms with Crippen molar-refractivity contribution in [1.82, 2.24) is 5.32 Å². The molecule has 0 bridgehead atoms. The summed E-state index contributed by atoms with van der Waals surface area (Å²) in [6.07, 6.45) is 0. The number of fused-ring (bicyclic) bond motifs is 1. The van der Waals surface area contributed by atoms with Gasteiger partial charge in [0.25, 0.3) is 21.8 Å². The molecule has 0 aliphatic carbocycles. The molecule has 200 valence electrons. The van der Waals surface area contributed by atoms with Crippen LogP contribution < -0.4 is 20.1 Å². The Hall–Kier alpha value is -3.40. The molecule has 0 saturated heterocycles. The van der Waals surface area contributed by atoms with Gasteiger partial charge in [0.15, 0.2) is 0 Å². The molecule has 0 saturated carbocycles. The van der Waals surface area contributed by atoms with Gasteiger partial charge in [-0.2, -0.15) is 0 Å². The van der Waals surface area contributed by atoms with Gasteiger partial charge in [0.05, 0.1) is 17.2 Å². The lowest BCUT2D eigenvalue weighted by molar-refractivity contribution is -0.120. The lowest BCUT2D eigenvalue weighted by Gasteiger charge is -2.26. The van der Waals surface area contributed by atoms with Crippen molar-refractivity contribution in [2.75, 3.05) is 17.5 Å². The predicted molar refractivity (Wildman–Crippen MR) is 147 cm³/mol. The average Bonchev–Trinajstić information content (AvgIpc) is 3.11. The van der Waals surface area contributed by atoms with Crippen molar-refractivity contribution in [3.8, 4) is 5.75 Å². The van der Waals surface area contributed by atoms with Crippen LogP contribution >= 0.6 is 11.6 Å². The highest BCUT2D eigenvalue weighted by molar-refractivity contribution is 7.93. The summed E-state index contributed by atoms with van der Waals surface area (Å²) < 4.78 is 34.3. The molecule has 8 nitrogen and oxygen atoms in total.